The predicted octanol–water partition coefficient (Wildman–Crippen LogP) is 3.25. The molecule has 114 valence electrons. The van der Waals surface area contributed by atoms with E-state index in [2.05, 4.69) is 12.1 Å². The molecule has 0 amide bonds. The van der Waals surface area contributed by atoms with Crippen molar-refractivity contribution in [1.82, 2.24) is 0 Å². The van der Waals surface area contributed by atoms with Crippen molar-refractivity contribution in [3.8, 4) is 0 Å². The van der Waals surface area contributed by atoms with Gasteiger partial charge in [-0.15, -0.1) is 0 Å². The number of hydrogen-bond donors (Lipinski definition) is 1. The Kier molecular flexibility index (Phi) is 7.83. The minimum atomic E-state index is -2.48. The first-order chi connectivity index (χ1) is 9.65. The SMILES string of the molecule is CCO[Si](CCCc1ccc(N)cc1)(OCC)OCC. The lowest BCUT2D eigenvalue weighted by atomic mass is 10.1. The molecule has 2 N–H and O–H groups in total. The number of benzene rings is 1. The molecule has 0 radical (unpaired) electrons. The van der Waals surface area contributed by atoms with Crippen LogP contribution in [0.2, 0.25) is 6.04 Å². The Bertz CT molecular complexity index is 353. The highest BCUT2D eigenvalue weighted by molar-refractivity contribution is 6.60. The average molecular weight is 297 g/mol. The first-order valence-corrected chi connectivity index (χ1v) is 9.35. The largest absolute Gasteiger partial charge is 0.500 e. The highest BCUT2D eigenvalue weighted by Crippen LogP contribution is 2.20. The summed E-state index contributed by atoms with van der Waals surface area (Å²) in [5.41, 5.74) is 7.78. The van der Waals surface area contributed by atoms with E-state index in [0.717, 1.165) is 24.6 Å². The topological polar surface area (TPSA) is 53.7 Å². The number of nitrogen functional groups attached to an aromatic ring is 1. The van der Waals surface area contributed by atoms with E-state index in [-0.39, 0.29) is 0 Å². The standard InChI is InChI=1S/C15H27NO3Si/c1-4-17-20(18-5-2,19-6-3)13-7-8-14-9-11-15(16)12-10-14/h9-12H,4-8,13,16H2,1-3H3. The first-order valence-electron chi connectivity index (χ1n) is 7.42. The second-order valence-electron chi connectivity index (χ2n) is 4.58. The van der Waals surface area contributed by atoms with Gasteiger partial charge in [0.05, 0.1) is 0 Å². The molecule has 0 aromatic heterocycles. The molecule has 4 nitrogen and oxygen atoms in total. The lowest BCUT2D eigenvalue weighted by molar-refractivity contribution is 0.0708. The van der Waals surface area contributed by atoms with Crippen LogP contribution in [0, 0.1) is 0 Å². The molecule has 0 saturated heterocycles. The third kappa shape index (κ3) is 5.62. The number of aryl methyl sites for hydroxylation is 1. The van der Waals surface area contributed by atoms with Crippen LogP contribution in [0.1, 0.15) is 32.8 Å². The van der Waals surface area contributed by atoms with Crippen LogP contribution in [-0.4, -0.2) is 28.6 Å². The number of nitrogens with two attached hydrogens (primary N) is 1. The summed E-state index contributed by atoms with van der Waals surface area (Å²) in [7, 11) is -2.48. The first kappa shape index (κ1) is 17.2. The van der Waals surface area contributed by atoms with Crippen LogP contribution in [0.5, 0.6) is 0 Å². The fourth-order valence-corrected chi connectivity index (χ4v) is 4.81. The summed E-state index contributed by atoms with van der Waals surface area (Å²) in [6.45, 7) is 7.86. The molecule has 0 atom stereocenters. The molecule has 0 aliphatic rings. The van der Waals surface area contributed by atoms with Crippen LogP contribution in [0.25, 0.3) is 0 Å². The van der Waals surface area contributed by atoms with Gasteiger partial charge in [0, 0.05) is 31.6 Å². The zero-order valence-electron chi connectivity index (χ0n) is 12.9. The molecular weight excluding hydrogens is 270 g/mol. The molecule has 0 heterocycles. The summed E-state index contributed by atoms with van der Waals surface area (Å²) < 4.78 is 17.5. The summed E-state index contributed by atoms with van der Waals surface area (Å²) in [5, 5.41) is 0. The molecule has 0 aliphatic heterocycles. The quantitative estimate of drug-likeness (QED) is 0.532. The molecule has 0 aliphatic carbocycles. The second kappa shape index (κ2) is 9.13. The Morgan fingerprint density at radius 3 is 1.85 bits per heavy atom. The van der Waals surface area contributed by atoms with Crippen molar-refractivity contribution in [2.45, 2.75) is 39.7 Å². The summed E-state index contributed by atoms with van der Waals surface area (Å²) in [5.74, 6) is 0. The molecule has 0 saturated carbocycles. The molecule has 0 unspecified atom stereocenters. The van der Waals surface area contributed by atoms with Gasteiger partial charge in [-0.25, -0.2) is 0 Å². The van der Waals surface area contributed by atoms with Gasteiger partial charge in [-0.1, -0.05) is 12.1 Å². The van der Waals surface area contributed by atoms with E-state index in [4.69, 9.17) is 19.0 Å². The van der Waals surface area contributed by atoms with Crippen molar-refractivity contribution in [1.29, 1.82) is 0 Å². The fourth-order valence-electron chi connectivity index (χ4n) is 2.19. The smallest absolute Gasteiger partial charge is 0.399 e. The Balaban J connectivity index is 2.54. The predicted molar refractivity (Wildman–Crippen MR) is 84.6 cm³/mol. The maximum absolute atomic E-state index is 5.84. The Hall–Kier alpha value is -0.883. The van der Waals surface area contributed by atoms with Crippen LogP contribution < -0.4 is 5.73 Å². The summed E-state index contributed by atoms with van der Waals surface area (Å²) >= 11 is 0. The lowest BCUT2D eigenvalue weighted by Gasteiger charge is -2.28. The molecule has 0 bridgehead atoms. The van der Waals surface area contributed by atoms with E-state index < -0.39 is 8.80 Å². The van der Waals surface area contributed by atoms with Crippen molar-refractivity contribution in [3.63, 3.8) is 0 Å². The van der Waals surface area contributed by atoms with Gasteiger partial charge in [0.15, 0.2) is 0 Å². The number of hydrogen-bond acceptors (Lipinski definition) is 4. The average Bonchev–Trinajstić information content (AvgIpc) is 2.42. The monoisotopic (exact) mass is 297 g/mol. The Morgan fingerprint density at radius 1 is 0.900 bits per heavy atom. The summed E-state index contributed by atoms with van der Waals surface area (Å²) in [6, 6.07) is 8.87. The highest BCUT2D eigenvalue weighted by Gasteiger charge is 2.39. The van der Waals surface area contributed by atoms with E-state index in [1.54, 1.807) is 0 Å². The maximum atomic E-state index is 5.84. The van der Waals surface area contributed by atoms with Gasteiger partial charge in [0.1, 0.15) is 0 Å². The van der Waals surface area contributed by atoms with E-state index in [1.165, 1.54) is 5.56 Å². The second-order valence-corrected chi connectivity index (χ2v) is 7.31. The van der Waals surface area contributed by atoms with Crippen LogP contribution in [0.4, 0.5) is 5.69 Å². The van der Waals surface area contributed by atoms with E-state index in [9.17, 15) is 0 Å². The highest BCUT2D eigenvalue weighted by atomic mass is 28.4. The van der Waals surface area contributed by atoms with Crippen molar-refractivity contribution in [2.75, 3.05) is 25.6 Å². The third-order valence-electron chi connectivity index (χ3n) is 3.02. The number of rotatable bonds is 10. The van der Waals surface area contributed by atoms with Crippen LogP contribution >= 0.6 is 0 Å². The van der Waals surface area contributed by atoms with Gasteiger partial charge in [-0.3, -0.25) is 0 Å². The van der Waals surface area contributed by atoms with Gasteiger partial charge in [-0.2, -0.15) is 0 Å². The molecule has 1 rings (SSSR count). The minimum absolute atomic E-state index is 0.633. The zero-order valence-corrected chi connectivity index (χ0v) is 13.9. The van der Waals surface area contributed by atoms with Gasteiger partial charge in [-0.05, 0) is 51.3 Å². The van der Waals surface area contributed by atoms with E-state index >= 15 is 0 Å². The van der Waals surface area contributed by atoms with Crippen LogP contribution in [0.15, 0.2) is 24.3 Å². The Morgan fingerprint density at radius 2 is 1.40 bits per heavy atom. The lowest BCUT2D eigenvalue weighted by Crippen LogP contribution is -2.46. The molecule has 0 spiro atoms. The Labute approximate surface area is 123 Å². The van der Waals surface area contributed by atoms with Gasteiger partial charge in [0.25, 0.3) is 0 Å². The van der Waals surface area contributed by atoms with Crippen LogP contribution in [0.3, 0.4) is 0 Å². The number of anilines is 1. The van der Waals surface area contributed by atoms with E-state index in [1.807, 2.05) is 32.9 Å². The van der Waals surface area contributed by atoms with Crippen molar-refractivity contribution < 1.29 is 13.3 Å². The molecule has 0 fully saturated rings. The molecule has 5 heteroatoms. The minimum Gasteiger partial charge on any atom is -0.399 e. The van der Waals surface area contributed by atoms with Crippen molar-refractivity contribution in [3.05, 3.63) is 29.8 Å². The molecular formula is C15H27NO3Si. The fraction of sp³-hybridized carbons (Fsp3) is 0.600. The van der Waals surface area contributed by atoms with Gasteiger partial charge in [0.2, 0.25) is 0 Å². The summed E-state index contributed by atoms with van der Waals surface area (Å²) in [6.07, 6.45) is 1.98. The molecule has 20 heavy (non-hydrogen) atoms. The van der Waals surface area contributed by atoms with Crippen molar-refractivity contribution in [2.24, 2.45) is 0 Å². The maximum Gasteiger partial charge on any atom is 0.500 e. The molecule has 1 aromatic carbocycles. The van der Waals surface area contributed by atoms with Gasteiger partial charge >= 0.3 is 8.80 Å². The van der Waals surface area contributed by atoms with Crippen molar-refractivity contribution >= 4 is 14.5 Å². The van der Waals surface area contributed by atoms with Crippen LogP contribution in [-0.2, 0) is 19.7 Å². The third-order valence-corrected chi connectivity index (χ3v) is 6.17. The van der Waals surface area contributed by atoms with E-state index in [0.29, 0.717) is 19.8 Å². The summed E-state index contributed by atoms with van der Waals surface area (Å²) in [4.78, 5) is 0. The molecule has 1 aromatic rings. The normalized spacial score (nSPS) is 11.8. The van der Waals surface area contributed by atoms with Gasteiger partial charge < -0.3 is 19.0 Å². The zero-order chi connectivity index (χ0) is 14.8.